The molecule has 0 heterocycles. The highest BCUT2D eigenvalue weighted by atomic mass is 35.5. The number of aliphatic hydroxyl groups excluding tert-OH is 2. The van der Waals surface area contributed by atoms with Gasteiger partial charge in [0.1, 0.15) is 12.4 Å². The predicted octanol–water partition coefficient (Wildman–Crippen LogP) is 3.12. The number of hydrogen-bond donors (Lipinski definition) is 2. The van der Waals surface area contributed by atoms with Gasteiger partial charge >= 0.3 is 0 Å². The molecule has 0 saturated carbocycles. The van der Waals surface area contributed by atoms with E-state index in [9.17, 15) is 5.11 Å². The lowest BCUT2D eigenvalue weighted by atomic mass is 10.0. The van der Waals surface area contributed by atoms with E-state index < -0.39 is 6.10 Å². The molecule has 2 aromatic rings. The van der Waals surface area contributed by atoms with Crippen LogP contribution in [0.2, 0.25) is 5.02 Å². The second kappa shape index (κ2) is 7.46. The van der Waals surface area contributed by atoms with Crippen LogP contribution in [-0.2, 0) is 13.0 Å². The zero-order valence-corrected chi connectivity index (χ0v) is 12.7. The van der Waals surface area contributed by atoms with Crippen LogP contribution >= 0.6 is 11.6 Å². The number of halogens is 1. The molecule has 21 heavy (non-hydrogen) atoms. The molecule has 0 spiro atoms. The summed E-state index contributed by atoms with van der Waals surface area (Å²) in [5.41, 5.74) is 2.79. The molecule has 2 aromatic carbocycles. The van der Waals surface area contributed by atoms with Gasteiger partial charge in [0.15, 0.2) is 0 Å². The van der Waals surface area contributed by atoms with Crippen molar-refractivity contribution >= 4 is 11.6 Å². The van der Waals surface area contributed by atoms with Crippen molar-refractivity contribution in [2.45, 2.75) is 26.1 Å². The van der Waals surface area contributed by atoms with Gasteiger partial charge in [0.2, 0.25) is 0 Å². The maximum Gasteiger partial charge on any atom is 0.126 e. The Morgan fingerprint density at radius 3 is 2.57 bits per heavy atom. The molecule has 3 nitrogen and oxygen atoms in total. The molecule has 0 fully saturated rings. The summed E-state index contributed by atoms with van der Waals surface area (Å²) in [7, 11) is 0. The zero-order chi connectivity index (χ0) is 15.2. The van der Waals surface area contributed by atoms with E-state index >= 15 is 0 Å². The SMILES string of the molecule is Cc1cc(Cl)cc(CC(O)CO)c1OCc1ccccc1. The molecule has 2 rings (SSSR count). The van der Waals surface area contributed by atoms with Crippen molar-refractivity contribution in [3.63, 3.8) is 0 Å². The van der Waals surface area contributed by atoms with Crippen LogP contribution < -0.4 is 4.74 Å². The van der Waals surface area contributed by atoms with E-state index in [-0.39, 0.29) is 6.61 Å². The van der Waals surface area contributed by atoms with Gasteiger partial charge in [-0.05, 0) is 35.7 Å². The molecule has 0 amide bonds. The highest BCUT2D eigenvalue weighted by Gasteiger charge is 2.13. The van der Waals surface area contributed by atoms with Crippen LogP contribution in [0.25, 0.3) is 0 Å². The van der Waals surface area contributed by atoms with E-state index in [1.165, 1.54) is 0 Å². The van der Waals surface area contributed by atoms with Gasteiger partial charge in [-0.3, -0.25) is 0 Å². The fraction of sp³-hybridized carbons (Fsp3) is 0.294. The van der Waals surface area contributed by atoms with E-state index in [0.29, 0.717) is 18.1 Å². The number of hydrogen-bond acceptors (Lipinski definition) is 3. The molecule has 0 bridgehead atoms. The number of aliphatic hydroxyl groups is 2. The maximum absolute atomic E-state index is 9.65. The molecule has 2 N–H and O–H groups in total. The van der Waals surface area contributed by atoms with E-state index in [0.717, 1.165) is 22.4 Å². The number of ether oxygens (including phenoxy) is 1. The van der Waals surface area contributed by atoms with Gasteiger partial charge in [-0.15, -0.1) is 0 Å². The Balaban J connectivity index is 2.20. The Bertz CT molecular complexity index is 584. The second-order valence-corrected chi connectivity index (χ2v) is 5.46. The first-order valence-electron chi connectivity index (χ1n) is 6.85. The minimum Gasteiger partial charge on any atom is -0.488 e. The third-order valence-electron chi connectivity index (χ3n) is 3.21. The van der Waals surface area contributed by atoms with E-state index in [1.54, 1.807) is 6.07 Å². The average Bonchev–Trinajstić information content (AvgIpc) is 2.47. The summed E-state index contributed by atoms with van der Waals surface area (Å²) in [5, 5.41) is 19.3. The van der Waals surface area contributed by atoms with Gasteiger partial charge in [-0.25, -0.2) is 0 Å². The lowest BCUT2D eigenvalue weighted by molar-refractivity contribution is 0.0947. The summed E-state index contributed by atoms with van der Waals surface area (Å²) in [5.74, 6) is 0.718. The first kappa shape index (κ1) is 15.8. The molecule has 0 aliphatic heterocycles. The standard InChI is InChI=1S/C17H19ClO3/c1-12-7-15(18)8-14(9-16(20)10-19)17(12)21-11-13-5-3-2-4-6-13/h2-8,16,19-20H,9-11H2,1H3. The van der Waals surface area contributed by atoms with Crippen molar-refractivity contribution in [3.8, 4) is 5.75 Å². The molecule has 0 aromatic heterocycles. The molecule has 112 valence electrons. The van der Waals surface area contributed by atoms with Gasteiger partial charge in [0.05, 0.1) is 12.7 Å². The maximum atomic E-state index is 9.65. The van der Waals surface area contributed by atoms with Crippen molar-refractivity contribution in [2.75, 3.05) is 6.61 Å². The van der Waals surface area contributed by atoms with Crippen LogP contribution in [0, 0.1) is 6.92 Å². The molecule has 0 aliphatic rings. The predicted molar refractivity (Wildman–Crippen MR) is 83.8 cm³/mol. The van der Waals surface area contributed by atoms with E-state index in [1.807, 2.05) is 43.3 Å². The number of benzene rings is 2. The summed E-state index contributed by atoms with van der Waals surface area (Å²) in [6.07, 6.45) is -0.510. The zero-order valence-electron chi connectivity index (χ0n) is 11.9. The molecule has 4 heteroatoms. The largest absolute Gasteiger partial charge is 0.488 e. The average molecular weight is 307 g/mol. The molecular weight excluding hydrogens is 288 g/mol. The Morgan fingerprint density at radius 2 is 1.90 bits per heavy atom. The van der Waals surface area contributed by atoms with E-state index in [4.69, 9.17) is 21.4 Å². The van der Waals surface area contributed by atoms with Gasteiger partial charge in [0.25, 0.3) is 0 Å². The Labute approximate surface area is 129 Å². The van der Waals surface area contributed by atoms with Crippen molar-refractivity contribution in [3.05, 3.63) is 64.2 Å². The first-order chi connectivity index (χ1) is 10.1. The van der Waals surface area contributed by atoms with Gasteiger partial charge < -0.3 is 14.9 Å². The third kappa shape index (κ3) is 4.46. The molecule has 1 atom stereocenters. The summed E-state index contributed by atoms with van der Waals surface area (Å²) in [6, 6.07) is 13.5. The minimum absolute atomic E-state index is 0.288. The van der Waals surface area contributed by atoms with Gasteiger partial charge in [0, 0.05) is 11.4 Å². The molecular formula is C17H19ClO3. The molecule has 0 radical (unpaired) electrons. The lowest BCUT2D eigenvalue weighted by Gasteiger charge is -2.16. The highest BCUT2D eigenvalue weighted by Crippen LogP contribution is 2.29. The first-order valence-corrected chi connectivity index (χ1v) is 7.22. The van der Waals surface area contributed by atoms with Crippen LogP contribution in [0.3, 0.4) is 0 Å². The number of aryl methyl sites for hydroxylation is 1. The Hall–Kier alpha value is -1.55. The van der Waals surface area contributed by atoms with Gasteiger partial charge in [-0.2, -0.15) is 0 Å². The molecule has 1 unspecified atom stereocenters. The summed E-state index contributed by atoms with van der Waals surface area (Å²) >= 11 is 6.07. The highest BCUT2D eigenvalue weighted by molar-refractivity contribution is 6.30. The normalized spacial score (nSPS) is 12.2. The summed E-state index contributed by atoms with van der Waals surface area (Å²) < 4.78 is 5.90. The summed E-state index contributed by atoms with van der Waals surface area (Å²) in [4.78, 5) is 0. The van der Waals surface area contributed by atoms with Crippen molar-refractivity contribution < 1.29 is 14.9 Å². The van der Waals surface area contributed by atoms with E-state index in [2.05, 4.69) is 0 Å². The molecule has 0 saturated heterocycles. The second-order valence-electron chi connectivity index (χ2n) is 5.03. The lowest BCUT2D eigenvalue weighted by Crippen LogP contribution is -2.16. The van der Waals surface area contributed by atoms with Crippen LogP contribution in [-0.4, -0.2) is 22.9 Å². The fourth-order valence-corrected chi connectivity index (χ4v) is 2.50. The Morgan fingerprint density at radius 1 is 1.19 bits per heavy atom. The molecule has 0 aliphatic carbocycles. The topological polar surface area (TPSA) is 49.7 Å². The van der Waals surface area contributed by atoms with Crippen molar-refractivity contribution in [2.24, 2.45) is 0 Å². The van der Waals surface area contributed by atoms with Crippen LogP contribution in [0.5, 0.6) is 5.75 Å². The van der Waals surface area contributed by atoms with Crippen LogP contribution in [0.1, 0.15) is 16.7 Å². The fourth-order valence-electron chi connectivity index (χ4n) is 2.21. The smallest absolute Gasteiger partial charge is 0.126 e. The third-order valence-corrected chi connectivity index (χ3v) is 3.43. The van der Waals surface area contributed by atoms with Crippen LogP contribution in [0.15, 0.2) is 42.5 Å². The minimum atomic E-state index is -0.818. The van der Waals surface area contributed by atoms with Crippen molar-refractivity contribution in [1.29, 1.82) is 0 Å². The summed E-state index contributed by atoms with van der Waals surface area (Å²) in [6.45, 7) is 2.08. The van der Waals surface area contributed by atoms with Gasteiger partial charge in [-0.1, -0.05) is 41.9 Å². The van der Waals surface area contributed by atoms with Crippen molar-refractivity contribution in [1.82, 2.24) is 0 Å². The van der Waals surface area contributed by atoms with Crippen LogP contribution in [0.4, 0.5) is 0 Å². The number of rotatable bonds is 6. The monoisotopic (exact) mass is 306 g/mol. The quantitative estimate of drug-likeness (QED) is 0.862. The Kier molecular flexibility index (Phi) is 5.62.